The Hall–Kier alpha value is -0.830. The predicted octanol–water partition coefficient (Wildman–Crippen LogP) is 1.53. The number of carbonyl (C=O) groups excluding carboxylic acids is 1. The maximum Gasteiger partial charge on any atom is 0.330 e. The lowest BCUT2D eigenvalue weighted by atomic mass is 9.78. The quantitative estimate of drug-likeness (QED) is 0.491. The first-order valence-corrected chi connectivity index (χ1v) is 4.49. The lowest BCUT2D eigenvalue weighted by Crippen LogP contribution is -2.48. The Labute approximate surface area is 78.7 Å². The van der Waals surface area contributed by atoms with E-state index in [9.17, 15) is 4.79 Å². The number of ether oxygens (including phenoxy) is 2. The smallest absolute Gasteiger partial charge is 0.330 e. The van der Waals surface area contributed by atoms with E-state index in [1.165, 1.54) is 6.08 Å². The largest absolute Gasteiger partial charge is 0.463 e. The van der Waals surface area contributed by atoms with Crippen LogP contribution in [-0.2, 0) is 14.3 Å². The Kier molecular flexibility index (Phi) is 3.09. The van der Waals surface area contributed by atoms with Gasteiger partial charge in [-0.1, -0.05) is 13.5 Å². The van der Waals surface area contributed by atoms with Crippen molar-refractivity contribution in [2.75, 3.05) is 13.2 Å². The molecule has 1 rings (SSSR count). The molecule has 0 bridgehead atoms. The summed E-state index contributed by atoms with van der Waals surface area (Å²) in [5.41, 5.74) is 0.182. The van der Waals surface area contributed by atoms with E-state index in [0.717, 1.165) is 13.0 Å². The van der Waals surface area contributed by atoms with Gasteiger partial charge in [0, 0.05) is 11.5 Å². The molecule has 0 aromatic rings. The van der Waals surface area contributed by atoms with Gasteiger partial charge in [0.2, 0.25) is 0 Å². The van der Waals surface area contributed by atoms with Crippen molar-refractivity contribution in [3.8, 4) is 0 Å². The summed E-state index contributed by atoms with van der Waals surface area (Å²) in [5, 5.41) is 0. The highest BCUT2D eigenvalue weighted by Crippen LogP contribution is 2.37. The molecule has 0 amide bonds. The fourth-order valence-electron chi connectivity index (χ4n) is 1.25. The van der Waals surface area contributed by atoms with Crippen molar-refractivity contribution in [3.05, 3.63) is 12.7 Å². The fraction of sp³-hybridized carbons (Fsp3) is 0.700. The van der Waals surface area contributed by atoms with Gasteiger partial charge in [-0.3, -0.25) is 0 Å². The molecular weight excluding hydrogens is 168 g/mol. The minimum atomic E-state index is -0.350. The molecule has 13 heavy (non-hydrogen) atoms. The van der Waals surface area contributed by atoms with E-state index in [-0.39, 0.29) is 17.5 Å². The van der Waals surface area contributed by atoms with Crippen LogP contribution >= 0.6 is 0 Å². The average molecular weight is 184 g/mol. The van der Waals surface area contributed by atoms with Gasteiger partial charge in [-0.15, -0.1) is 0 Å². The highest BCUT2D eigenvalue weighted by atomic mass is 16.5. The summed E-state index contributed by atoms with van der Waals surface area (Å²) in [6.45, 7) is 8.72. The van der Waals surface area contributed by atoms with Crippen LogP contribution in [0.1, 0.15) is 20.3 Å². The summed E-state index contributed by atoms with van der Waals surface area (Å²) >= 11 is 0. The summed E-state index contributed by atoms with van der Waals surface area (Å²) in [6, 6.07) is 0. The minimum Gasteiger partial charge on any atom is -0.463 e. The highest BCUT2D eigenvalue weighted by molar-refractivity contribution is 5.81. The van der Waals surface area contributed by atoms with Gasteiger partial charge in [-0.2, -0.15) is 0 Å². The maximum absolute atomic E-state index is 10.7. The molecule has 0 spiro atoms. The van der Waals surface area contributed by atoms with Gasteiger partial charge in [-0.25, -0.2) is 4.79 Å². The second-order valence-corrected chi connectivity index (χ2v) is 3.73. The van der Waals surface area contributed by atoms with Gasteiger partial charge in [0.15, 0.2) is 0 Å². The SMILES string of the molecule is C=CC(=O)OCCC1(C)COC1C. The van der Waals surface area contributed by atoms with Crippen LogP contribution in [0.3, 0.4) is 0 Å². The molecule has 0 saturated carbocycles. The molecule has 1 heterocycles. The Morgan fingerprint density at radius 1 is 1.85 bits per heavy atom. The van der Waals surface area contributed by atoms with E-state index >= 15 is 0 Å². The third kappa shape index (κ3) is 2.31. The molecule has 1 aliphatic heterocycles. The normalized spacial score (nSPS) is 32.0. The van der Waals surface area contributed by atoms with Crippen molar-refractivity contribution in [1.29, 1.82) is 0 Å². The third-order valence-electron chi connectivity index (χ3n) is 2.73. The van der Waals surface area contributed by atoms with Gasteiger partial charge in [-0.05, 0) is 13.3 Å². The topological polar surface area (TPSA) is 35.5 Å². The van der Waals surface area contributed by atoms with Crippen molar-refractivity contribution >= 4 is 5.97 Å². The molecule has 3 heteroatoms. The van der Waals surface area contributed by atoms with Crippen molar-refractivity contribution in [3.63, 3.8) is 0 Å². The zero-order valence-corrected chi connectivity index (χ0v) is 8.21. The number of hydrogen-bond donors (Lipinski definition) is 0. The summed E-state index contributed by atoms with van der Waals surface area (Å²) in [6.07, 6.45) is 2.31. The molecule has 2 atom stereocenters. The molecule has 0 aromatic carbocycles. The second kappa shape index (κ2) is 3.92. The summed E-state index contributed by atoms with van der Waals surface area (Å²) < 4.78 is 10.2. The van der Waals surface area contributed by atoms with E-state index in [4.69, 9.17) is 9.47 Å². The molecule has 0 N–H and O–H groups in total. The number of carbonyl (C=O) groups is 1. The van der Waals surface area contributed by atoms with Gasteiger partial charge in [0.05, 0.1) is 19.3 Å². The average Bonchev–Trinajstić information content (AvgIpc) is 2.15. The first-order valence-electron chi connectivity index (χ1n) is 4.49. The lowest BCUT2D eigenvalue weighted by Gasteiger charge is -2.44. The van der Waals surface area contributed by atoms with E-state index in [0.29, 0.717) is 6.61 Å². The fourth-order valence-corrected chi connectivity index (χ4v) is 1.25. The molecule has 1 fully saturated rings. The number of rotatable bonds is 4. The molecule has 0 radical (unpaired) electrons. The standard InChI is InChI=1S/C10H16O3/c1-4-9(11)12-6-5-10(3)7-13-8(10)2/h4,8H,1,5-7H2,2-3H3. The van der Waals surface area contributed by atoms with Crippen LogP contribution in [0.4, 0.5) is 0 Å². The van der Waals surface area contributed by atoms with E-state index in [1.807, 2.05) is 6.92 Å². The predicted molar refractivity (Wildman–Crippen MR) is 49.3 cm³/mol. The number of esters is 1. The van der Waals surface area contributed by atoms with Crippen LogP contribution in [-0.4, -0.2) is 25.3 Å². The van der Waals surface area contributed by atoms with Gasteiger partial charge in [0.1, 0.15) is 0 Å². The van der Waals surface area contributed by atoms with Crippen LogP contribution < -0.4 is 0 Å². The van der Waals surface area contributed by atoms with Crippen LogP contribution in [0.2, 0.25) is 0 Å². The molecular formula is C10H16O3. The molecule has 74 valence electrons. The van der Waals surface area contributed by atoms with Crippen LogP contribution in [0.15, 0.2) is 12.7 Å². The molecule has 1 saturated heterocycles. The van der Waals surface area contributed by atoms with Gasteiger partial charge < -0.3 is 9.47 Å². The summed E-state index contributed by atoms with van der Waals surface area (Å²) in [7, 11) is 0. The van der Waals surface area contributed by atoms with E-state index < -0.39 is 0 Å². The molecule has 0 aliphatic carbocycles. The maximum atomic E-state index is 10.7. The van der Waals surface area contributed by atoms with Crippen molar-refractivity contribution in [2.24, 2.45) is 5.41 Å². The van der Waals surface area contributed by atoms with Crippen molar-refractivity contribution < 1.29 is 14.3 Å². The summed E-state index contributed by atoms with van der Waals surface area (Å²) in [4.78, 5) is 10.7. The Morgan fingerprint density at radius 3 is 2.92 bits per heavy atom. The van der Waals surface area contributed by atoms with Gasteiger partial charge in [0.25, 0.3) is 0 Å². The molecule has 0 aromatic heterocycles. The Bertz CT molecular complexity index is 212. The van der Waals surface area contributed by atoms with Crippen LogP contribution in [0.5, 0.6) is 0 Å². The number of hydrogen-bond acceptors (Lipinski definition) is 3. The molecule has 3 nitrogen and oxygen atoms in total. The summed E-state index contributed by atoms with van der Waals surface area (Å²) in [5.74, 6) is -0.350. The monoisotopic (exact) mass is 184 g/mol. The molecule has 1 aliphatic rings. The minimum absolute atomic E-state index is 0.182. The van der Waals surface area contributed by atoms with Crippen molar-refractivity contribution in [1.82, 2.24) is 0 Å². The van der Waals surface area contributed by atoms with E-state index in [2.05, 4.69) is 13.5 Å². The highest BCUT2D eigenvalue weighted by Gasteiger charge is 2.40. The van der Waals surface area contributed by atoms with Crippen LogP contribution in [0.25, 0.3) is 0 Å². The third-order valence-corrected chi connectivity index (χ3v) is 2.73. The second-order valence-electron chi connectivity index (χ2n) is 3.73. The Balaban J connectivity index is 2.19. The zero-order chi connectivity index (χ0) is 9.90. The molecule has 2 unspecified atom stereocenters. The Morgan fingerprint density at radius 2 is 2.54 bits per heavy atom. The van der Waals surface area contributed by atoms with Crippen LogP contribution in [0, 0.1) is 5.41 Å². The zero-order valence-electron chi connectivity index (χ0n) is 8.21. The van der Waals surface area contributed by atoms with Gasteiger partial charge >= 0.3 is 5.97 Å². The van der Waals surface area contributed by atoms with E-state index in [1.54, 1.807) is 0 Å². The first-order chi connectivity index (χ1) is 6.08. The first kappa shape index (κ1) is 10.3. The lowest BCUT2D eigenvalue weighted by molar-refractivity contribution is -0.178. The van der Waals surface area contributed by atoms with Crippen molar-refractivity contribution in [2.45, 2.75) is 26.4 Å².